The lowest BCUT2D eigenvalue weighted by Gasteiger charge is -2.22. The van der Waals surface area contributed by atoms with Gasteiger partial charge in [0.25, 0.3) is 0 Å². The fourth-order valence-electron chi connectivity index (χ4n) is 2.80. The molecule has 1 fully saturated rings. The highest BCUT2D eigenvalue weighted by Crippen LogP contribution is 2.10. The first kappa shape index (κ1) is 21.7. The van der Waals surface area contributed by atoms with E-state index >= 15 is 0 Å². The Morgan fingerprint density at radius 3 is 2.68 bits per heavy atom. The molecular weight excluding hydrogens is 434 g/mol. The van der Waals surface area contributed by atoms with Crippen LogP contribution in [0.4, 0.5) is 4.39 Å². The van der Waals surface area contributed by atoms with Crippen molar-refractivity contribution in [1.82, 2.24) is 15.1 Å². The van der Waals surface area contributed by atoms with Crippen molar-refractivity contribution < 1.29 is 9.18 Å². The summed E-state index contributed by atoms with van der Waals surface area (Å²) in [6, 6.07) is 6.52. The molecule has 1 aromatic rings. The van der Waals surface area contributed by atoms with Gasteiger partial charge >= 0.3 is 0 Å². The molecule has 5 nitrogen and oxygen atoms in total. The Labute approximate surface area is 166 Å². The molecule has 0 radical (unpaired) electrons. The maximum Gasteiger partial charge on any atom is 0.222 e. The predicted molar refractivity (Wildman–Crippen MR) is 110 cm³/mol. The van der Waals surface area contributed by atoms with E-state index in [0.717, 1.165) is 44.0 Å². The van der Waals surface area contributed by atoms with Gasteiger partial charge in [-0.05, 0) is 37.5 Å². The molecule has 25 heavy (non-hydrogen) atoms. The first-order valence-electron chi connectivity index (χ1n) is 8.62. The molecule has 1 aliphatic heterocycles. The van der Waals surface area contributed by atoms with Gasteiger partial charge < -0.3 is 15.1 Å². The number of halogens is 2. The zero-order chi connectivity index (χ0) is 17.4. The van der Waals surface area contributed by atoms with Crippen molar-refractivity contribution in [3.05, 3.63) is 35.6 Å². The quantitative estimate of drug-likeness (QED) is 0.294. The Kier molecular flexibility index (Phi) is 9.77. The molecule has 0 aromatic heterocycles. The van der Waals surface area contributed by atoms with Gasteiger partial charge in [0.05, 0.1) is 0 Å². The summed E-state index contributed by atoms with van der Waals surface area (Å²) in [5.41, 5.74) is 1.03. The summed E-state index contributed by atoms with van der Waals surface area (Å²) in [6.07, 6.45) is 2.53. The van der Waals surface area contributed by atoms with Gasteiger partial charge in [0, 0.05) is 46.2 Å². The highest BCUT2D eigenvalue weighted by Gasteiger charge is 2.18. The number of benzene rings is 1. The molecule has 1 aliphatic rings. The lowest BCUT2D eigenvalue weighted by atomic mass is 10.2. The first-order chi connectivity index (χ1) is 11.6. The lowest BCUT2D eigenvalue weighted by Crippen LogP contribution is -2.38. The predicted octanol–water partition coefficient (Wildman–Crippen LogP) is 2.85. The molecule has 0 saturated carbocycles. The van der Waals surface area contributed by atoms with Crippen LogP contribution < -0.4 is 5.32 Å². The van der Waals surface area contributed by atoms with Gasteiger partial charge in [-0.2, -0.15) is 0 Å². The van der Waals surface area contributed by atoms with Crippen molar-refractivity contribution >= 4 is 35.8 Å². The summed E-state index contributed by atoms with van der Waals surface area (Å²) in [7, 11) is 1.97. The third kappa shape index (κ3) is 7.17. The number of nitrogens with one attached hydrogen (secondary N) is 1. The second-order valence-electron chi connectivity index (χ2n) is 6.06. The van der Waals surface area contributed by atoms with E-state index in [-0.39, 0.29) is 35.7 Å². The fraction of sp³-hybridized carbons (Fsp3) is 0.556. The van der Waals surface area contributed by atoms with Crippen LogP contribution in [0.15, 0.2) is 29.3 Å². The SMILES string of the molecule is CCNC(=NCCCN1CCCC1=O)N(C)Cc1ccc(F)cc1.I. The van der Waals surface area contributed by atoms with Crippen LogP contribution in [-0.2, 0) is 11.3 Å². The normalized spacial score (nSPS) is 14.4. The summed E-state index contributed by atoms with van der Waals surface area (Å²) < 4.78 is 13.0. The zero-order valence-electron chi connectivity index (χ0n) is 15.0. The number of nitrogens with zero attached hydrogens (tertiary/aromatic N) is 3. The molecule has 0 unspecified atom stereocenters. The van der Waals surface area contributed by atoms with Gasteiger partial charge in [-0.25, -0.2) is 4.39 Å². The monoisotopic (exact) mass is 462 g/mol. The molecule has 2 rings (SSSR count). The molecule has 0 atom stereocenters. The number of carbonyl (C=O) groups excluding carboxylic acids is 1. The zero-order valence-corrected chi connectivity index (χ0v) is 17.3. The van der Waals surface area contributed by atoms with E-state index in [2.05, 4.69) is 10.3 Å². The third-order valence-electron chi connectivity index (χ3n) is 4.05. The van der Waals surface area contributed by atoms with Crippen LogP contribution in [0.1, 0.15) is 31.7 Å². The summed E-state index contributed by atoms with van der Waals surface area (Å²) in [5, 5.41) is 3.27. The van der Waals surface area contributed by atoms with Crippen molar-refractivity contribution in [3.63, 3.8) is 0 Å². The van der Waals surface area contributed by atoms with Gasteiger partial charge in [0.2, 0.25) is 5.91 Å². The topological polar surface area (TPSA) is 47.9 Å². The van der Waals surface area contributed by atoms with Crippen LogP contribution in [0.5, 0.6) is 0 Å². The summed E-state index contributed by atoms with van der Waals surface area (Å²) in [4.78, 5) is 20.2. The molecule has 7 heteroatoms. The summed E-state index contributed by atoms with van der Waals surface area (Å²) >= 11 is 0. The molecular formula is C18H28FIN4O. The maximum atomic E-state index is 13.0. The standard InChI is InChI=1S/C18H27FN4O.HI/c1-3-20-18(21-11-5-13-23-12-4-6-17(23)24)22(2)14-15-7-9-16(19)10-8-15;/h7-10H,3-6,11-14H2,1-2H3,(H,20,21);1H. The largest absolute Gasteiger partial charge is 0.357 e. The average molecular weight is 462 g/mol. The lowest BCUT2D eigenvalue weighted by molar-refractivity contribution is -0.127. The highest BCUT2D eigenvalue weighted by molar-refractivity contribution is 14.0. The van der Waals surface area contributed by atoms with Crippen molar-refractivity contribution in [2.45, 2.75) is 32.7 Å². The van der Waals surface area contributed by atoms with E-state index in [1.807, 2.05) is 23.8 Å². The van der Waals surface area contributed by atoms with Crippen molar-refractivity contribution in [2.24, 2.45) is 4.99 Å². The molecule has 1 N–H and O–H groups in total. The van der Waals surface area contributed by atoms with Gasteiger partial charge in [0.1, 0.15) is 5.82 Å². The van der Waals surface area contributed by atoms with Crippen LogP contribution in [0.3, 0.4) is 0 Å². The Bertz CT molecular complexity index is 565. The maximum absolute atomic E-state index is 13.0. The minimum absolute atomic E-state index is 0. The molecule has 0 bridgehead atoms. The smallest absolute Gasteiger partial charge is 0.222 e. The minimum atomic E-state index is -0.224. The van der Waals surface area contributed by atoms with E-state index in [0.29, 0.717) is 19.5 Å². The van der Waals surface area contributed by atoms with E-state index < -0.39 is 0 Å². The number of rotatable bonds is 7. The second kappa shape index (κ2) is 11.3. The number of hydrogen-bond donors (Lipinski definition) is 1. The Balaban J connectivity index is 0.00000312. The molecule has 1 aromatic carbocycles. The van der Waals surface area contributed by atoms with Crippen LogP contribution in [-0.4, -0.2) is 54.9 Å². The van der Waals surface area contributed by atoms with Crippen LogP contribution in [0.2, 0.25) is 0 Å². The number of likely N-dealkylation sites (tertiary alicyclic amines) is 1. The number of aliphatic imine (C=N–C) groups is 1. The number of guanidine groups is 1. The van der Waals surface area contributed by atoms with Crippen LogP contribution in [0, 0.1) is 5.82 Å². The van der Waals surface area contributed by atoms with E-state index in [1.165, 1.54) is 12.1 Å². The number of amides is 1. The third-order valence-corrected chi connectivity index (χ3v) is 4.05. The first-order valence-corrected chi connectivity index (χ1v) is 8.62. The minimum Gasteiger partial charge on any atom is -0.357 e. The van der Waals surface area contributed by atoms with E-state index in [4.69, 9.17) is 0 Å². The second-order valence-corrected chi connectivity index (χ2v) is 6.06. The van der Waals surface area contributed by atoms with Gasteiger partial charge in [-0.3, -0.25) is 9.79 Å². The summed E-state index contributed by atoms with van der Waals surface area (Å²) in [6.45, 7) is 5.83. The Morgan fingerprint density at radius 1 is 1.36 bits per heavy atom. The molecule has 1 amide bonds. The molecule has 0 aliphatic carbocycles. The number of hydrogen-bond acceptors (Lipinski definition) is 2. The van der Waals surface area contributed by atoms with E-state index in [9.17, 15) is 9.18 Å². The fourth-order valence-corrected chi connectivity index (χ4v) is 2.80. The molecule has 140 valence electrons. The Hall–Kier alpha value is -1.38. The van der Waals surface area contributed by atoms with Crippen molar-refractivity contribution in [1.29, 1.82) is 0 Å². The van der Waals surface area contributed by atoms with E-state index in [1.54, 1.807) is 12.1 Å². The molecule has 1 heterocycles. The van der Waals surface area contributed by atoms with Gasteiger partial charge in [0.15, 0.2) is 5.96 Å². The van der Waals surface area contributed by atoms with Crippen LogP contribution in [0.25, 0.3) is 0 Å². The average Bonchev–Trinajstić information content (AvgIpc) is 2.97. The van der Waals surface area contributed by atoms with Crippen LogP contribution >= 0.6 is 24.0 Å². The van der Waals surface area contributed by atoms with Gasteiger partial charge in [-0.15, -0.1) is 24.0 Å². The molecule has 0 spiro atoms. The number of carbonyl (C=O) groups is 1. The van der Waals surface area contributed by atoms with Crippen molar-refractivity contribution in [3.8, 4) is 0 Å². The van der Waals surface area contributed by atoms with Gasteiger partial charge in [-0.1, -0.05) is 12.1 Å². The Morgan fingerprint density at radius 2 is 2.08 bits per heavy atom. The highest BCUT2D eigenvalue weighted by atomic mass is 127. The summed E-state index contributed by atoms with van der Waals surface area (Å²) in [5.74, 6) is 0.868. The molecule has 1 saturated heterocycles. The van der Waals surface area contributed by atoms with Crippen molar-refractivity contribution in [2.75, 3.05) is 33.2 Å².